The molecule has 0 aromatic heterocycles. The third-order valence-electron chi connectivity index (χ3n) is 4.31. The molecule has 1 N–H and O–H groups in total. The molecule has 1 unspecified atom stereocenters. The molecule has 1 aliphatic heterocycles. The summed E-state index contributed by atoms with van der Waals surface area (Å²) in [5, 5.41) is 9.87. The molecular weight excluding hydrogens is 290 g/mol. The van der Waals surface area contributed by atoms with Crippen LogP contribution < -0.4 is 0 Å². The zero-order valence-corrected chi connectivity index (χ0v) is 14.5. The van der Waals surface area contributed by atoms with Gasteiger partial charge in [-0.3, -0.25) is 4.79 Å². The minimum Gasteiger partial charge on any atom is -0.390 e. The molecule has 1 amide bonds. The molecule has 1 fully saturated rings. The number of aliphatic hydroxyl groups is 1. The van der Waals surface area contributed by atoms with E-state index in [1.165, 1.54) is 0 Å². The van der Waals surface area contributed by atoms with E-state index in [4.69, 9.17) is 4.74 Å². The van der Waals surface area contributed by atoms with Crippen LogP contribution in [0.4, 0.5) is 0 Å². The fourth-order valence-corrected chi connectivity index (χ4v) is 2.97. The molecule has 1 aromatic carbocycles. The van der Waals surface area contributed by atoms with Gasteiger partial charge in [0.15, 0.2) is 0 Å². The first-order chi connectivity index (χ1) is 10.9. The van der Waals surface area contributed by atoms with Crippen molar-refractivity contribution in [3.8, 4) is 0 Å². The Morgan fingerprint density at radius 3 is 2.91 bits per heavy atom. The summed E-state index contributed by atoms with van der Waals surface area (Å²) in [5.74, 6) is 0.0943. The van der Waals surface area contributed by atoms with Gasteiger partial charge in [0.25, 0.3) is 5.91 Å². The van der Waals surface area contributed by atoms with Crippen molar-refractivity contribution >= 4 is 5.91 Å². The number of hydrogen-bond acceptors (Lipinski definition) is 3. The quantitative estimate of drug-likeness (QED) is 0.877. The van der Waals surface area contributed by atoms with Gasteiger partial charge in [-0.25, -0.2) is 0 Å². The van der Waals surface area contributed by atoms with Crippen molar-refractivity contribution in [1.29, 1.82) is 0 Å². The predicted molar refractivity (Wildman–Crippen MR) is 91.6 cm³/mol. The molecule has 1 heterocycles. The Hall–Kier alpha value is -1.39. The smallest absolute Gasteiger partial charge is 0.254 e. The molecule has 1 atom stereocenters. The number of morpholine rings is 1. The lowest BCUT2D eigenvalue weighted by molar-refractivity contribution is -0.00434. The Labute approximate surface area is 139 Å². The molecule has 1 aromatic rings. The van der Waals surface area contributed by atoms with E-state index in [0.29, 0.717) is 26.2 Å². The van der Waals surface area contributed by atoms with Crippen molar-refractivity contribution in [2.75, 3.05) is 19.8 Å². The Morgan fingerprint density at radius 2 is 2.22 bits per heavy atom. The highest BCUT2D eigenvalue weighted by Crippen LogP contribution is 2.19. The molecule has 2 rings (SSSR count). The maximum absolute atomic E-state index is 12.9. The molecule has 1 aliphatic rings. The molecule has 0 spiro atoms. The zero-order chi connectivity index (χ0) is 16.9. The number of rotatable bonds is 6. The van der Waals surface area contributed by atoms with Crippen molar-refractivity contribution in [3.63, 3.8) is 0 Å². The topological polar surface area (TPSA) is 49.8 Å². The largest absolute Gasteiger partial charge is 0.390 e. The van der Waals surface area contributed by atoms with Crippen LogP contribution in [0.5, 0.6) is 0 Å². The van der Waals surface area contributed by atoms with E-state index in [2.05, 4.69) is 6.92 Å². The number of carbonyl (C=O) groups is 1. The second-order valence-electron chi connectivity index (χ2n) is 7.03. The third-order valence-corrected chi connectivity index (χ3v) is 4.31. The summed E-state index contributed by atoms with van der Waals surface area (Å²) in [6.07, 6.45) is 3.47. The summed E-state index contributed by atoms with van der Waals surface area (Å²) in [6.45, 7) is 7.67. The van der Waals surface area contributed by atoms with E-state index < -0.39 is 5.60 Å². The number of hydrogen-bond donors (Lipinski definition) is 1. The van der Waals surface area contributed by atoms with Gasteiger partial charge in [0, 0.05) is 12.1 Å². The van der Waals surface area contributed by atoms with Crippen LogP contribution in [0, 0.1) is 0 Å². The third kappa shape index (κ3) is 5.33. The van der Waals surface area contributed by atoms with Crippen LogP contribution in [-0.2, 0) is 11.2 Å². The lowest BCUT2D eigenvalue weighted by Gasteiger charge is -2.35. The minimum atomic E-state index is -0.684. The van der Waals surface area contributed by atoms with Crippen molar-refractivity contribution in [2.24, 2.45) is 0 Å². The average molecular weight is 319 g/mol. The number of amides is 1. The van der Waals surface area contributed by atoms with Crippen molar-refractivity contribution in [3.05, 3.63) is 35.4 Å². The summed E-state index contributed by atoms with van der Waals surface area (Å²) < 4.78 is 5.53. The molecule has 0 aliphatic carbocycles. The predicted octanol–water partition coefficient (Wildman–Crippen LogP) is 3.03. The first-order valence-corrected chi connectivity index (χ1v) is 8.61. The Kier molecular flexibility index (Phi) is 6.19. The maximum atomic E-state index is 12.9. The van der Waals surface area contributed by atoms with E-state index in [1.54, 1.807) is 0 Å². The summed E-state index contributed by atoms with van der Waals surface area (Å²) in [4.78, 5) is 14.8. The van der Waals surface area contributed by atoms with Crippen LogP contribution in [0.1, 0.15) is 56.0 Å². The van der Waals surface area contributed by atoms with E-state index in [-0.39, 0.29) is 11.9 Å². The van der Waals surface area contributed by atoms with Crippen molar-refractivity contribution in [1.82, 2.24) is 4.90 Å². The van der Waals surface area contributed by atoms with E-state index >= 15 is 0 Å². The first-order valence-electron chi connectivity index (χ1n) is 8.61. The molecular formula is C19H29NO3. The lowest BCUT2D eigenvalue weighted by atomic mass is 9.97. The molecule has 1 saturated heterocycles. The van der Waals surface area contributed by atoms with E-state index in [1.807, 2.05) is 43.0 Å². The highest BCUT2D eigenvalue weighted by atomic mass is 16.5. The molecule has 4 heteroatoms. The molecule has 4 nitrogen and oxygen atoms in total. The van der Waals surface area contributed by atoms with Crippen LogP contribution in [0.15, 0.2) is 24.3 Å². The second kappa shape index (κ2) is 7.93. The summed E-state index contributed by atoms with van der Waals surface area (Å²) in [5.41, 5.74) is 1.15. The number of ether oxygens (including phenoxy) is 1. The normalized spacial score (nSPS) is 19.0. The summed E-state index contributed by atoms with van der Waals surface area (Å²) >= 11 is 0. The Bertz CT molecular complexity index is 520. The van der Waals surface area contributed by atoms with Gasteiger partial charge in [-0.15, -0.1) is 0 Å². The Balaban J connectivity index is 2.09. The van der Waals surface area contributed by atoms with Gasteiger partial charge in [0.1, 0.15) is 0 Å². The van der Waals surface area contributed by atoms with Crippen LogP contribution in [-0.4, -0.2) is 47.3 Å². The van der Waals surface area contributed by atoms with E-state index in [9.17, 15) is 9.90 Å². The van der Waals surface area contributed by atoms with Gasteiger partial charge in [-0.2, -0.15) is 0 Å². The van der Waals surface area contributed by atoms with Gasteiger partial charge < -0.3 is 14.7 Å². The maximum Gasteiger partial charge on any atom is 0.254 e. The first kappa shape index (κ1) is 18.0. The van der Waals surface area contributed by atoms with Gasteiger partial charge in [-0.05, 0) is 50.8 Å². The van der Waals surface area contributed by atoms with Crippen LogP contribution in [0.2, 0.25) is 0 Å². The molecule has 0 bridgehead atoms. The van der Waals surface area contributed by atoms with Gasteiger partial charge in [0.05, 0.1) is 24.9 Å². The Morgan fingerprint density at radius 1 is 1.43 bits per heavy atom. The molecule has 23 heavy (non-hydrogen) atoms. The number of carbonyl (C=O) groups excluding carboxylic acids is 1. The van der Waals surface area contributed by atoms with Gasteiger partial charge in [0.2, 0.25) is 0 Å². The monoisotopic (exact) mass is 319 g/mol. The summed E-state index contributed by atoms with van der Waals surface area (Å²) in [7, 11) is 0. The van der Waals surface area contributed by atoms with Gasteiger partial charge in [-0.1, -0.05) is 25.5 Å². The fourth-order valence-electron chi connectivity index (χ4n) is 2.97. The molecule has 0 radical (unpaired) electrons. The van der Waals surface area contributed by atoms with Gasteiger partial charge >= 0.3 is 0 Å². The van der Waals surface area contributed by atoms with Crippen LogP contribution in [0.25, 0.3) is 0 Å². The van der Waals surface area contributed by atoms with E-state index in [0.717, 1.165) is 30.4 Å². The number of aryl methyl sites for hydroxylation is 1. The second-order valence-corrected chi connectivity index (χ2v) is 7.03. The minimum absolute atomic E-state index is 0.0943. The van der Waals surface area contributed by atoms with Crippen molar-refractivity contribution in [2.45, 2.75) is 58.1 Å². The molecule has 128 valence electrons. The zero-order valence-electron chi connectivity index (χ0n) is 14.5. The lowest BCUT2D eigenvalue weighted by Crippen LogP contribution is -2.48. The number of benzene rings is 1. The highest BCUT2D eigenvalue weighted by Gasteiger charge is 2.27. The van der Waals surface area contributed by atoms with Crippen LogP contribution in [0.3, 0.4) is 0 Å². The van der Waals surface area contributed by atoms with Crippen molar-refractivity contribution < 1.29 is 14.6 Å². The number of nitrogens with zero attached hydrogens (tertiary/aromatic N) is 1. The SMILES string of the molecule is CCCC1COCCN1C(=O)c1cccc(CCC(C)(C)O)c1. The van der Waals surface area contributed by atoms with Crippen LogP contribution >= 0.6 is 0 Å². The highest BCUT2D eigenvalue weighted by molar-refractivity contribution is 5.94. The average Bonchev–Trinajstić information content (AvgIpc) is 2.53. The standard InChI is InChI=1S/C19H29NO3/c1-4-6-17-14-23-12-11-20(17)18(21)16-8-5-7-15(13-16)9-10-19(2,3)22/h5,7-8,13,17,22H,4,6,9-12,14H2,1-3H3. The fraction of sp³-hybridized carbons (Fsp3) is 0.632. The molecule has 0 saturated carbocycles. The summed E-state index contributed by atoms with van der Waals surface area (Å²) in [6, 6.07) is 7.98.